The maximum atomic E-state index is 10.7. The van der Waals surface area contributed by atoms with Crippen LogP contribution < -0.4 is 0 Å². The molecule has 54 valence electrons. The monoisotopic (exact) mass is 140 g/mol. The van der Waals surface area contributed by atoms with E-state index in [0.29, 0.717) is 0 Å². The van der Waals surface area contributed by atoms with Crippen LogP contribution in [-0.2, 0) is 14.3 Å². The molecule has 4 heteroatoms. The largest absolute Gasteiger partial charge is 0.469 e. The van der Waals surface area contributed by atoms with Crippen molar-refractivity contribution in [2.75, 3.05) is 7.11 Å². The SMILES string of the molecule is [B]C(C)C(=O)CC(=O)OC. The molecule has 0 aromatic heterocycles. The Bertz CT molecular complexity index is 142. The van der Waals surface area contributed by atoms with Crippen LogP contribution >= 0.6 is 0 Å². The van der Waals surface area contributed by atoms with E-state index < -0.39 is 11.8 Å². The number of hydrogen-bond acceptors (Lipinski definition) is 3. The smallest absolute Gasteiger partial charge is 0.313 e. The van der Waals surface area contributed by atoms with Gasteiger partial charge in [-0.2, -0.15) is 0 Å². The Morgan fingerprint density at radius 2 is 2.10 bits per heavy atom. The molecule has 0 N–H and O–H groups in total. The van der Waals surface area contributed by atoms with Gasteiger partial charge >= 0.3 is 5.97 Å². The third kappa shape index (κ3) is 3.27. The lowest BCUT2D eigenvalue weighted by Crippen LogP contribution is -2.12. The first-order valence-corrected chi connectivity index (χ1v) is 2.93. The van der Waals surface area contributed by atoms with Crippen LogP contribution in [0.4, 0.5) is 0 Å². The highest BCUT2D eigenvalue weighted by Crippen LogP contribution is 2.01. The van der Waals surface area contributed by atoms with Gasteiger partial charge in [0.2, 0.25) is 0 Å². The number of carbonyl (C=O) groups excluding carboxylic acids is 2. The molecule has 2 radical (unpaired) electrons. The fraction of sp³-hybridized carbons (Fsp3) is 0.667. The van der Waals surface area contributed by atoms with Crippen LogP contribution in [0.3, 0.4) is 0 Å². The lowest BCUT2D eigenvalue weighted by Gasteiger charge is -2.00. The van der Waals surface area contributed by atoms with Gasteiger partial charge in [-0.1, -0.05) is 6.92 Å². The number of ketones is 1. The van der Waals surface area contributed by atoms with Crippen molar-refractivity contribution in [3.05, 3.63) is 0 Å². The Hall–Kier alpha value is -0.795. The van der Waals surface area contributed by atoms with E-state index in [1.807, 2.05) is 0 Å². The zero-order valence-corrected chi connectivity index (χ0v) is 6.09. The zero-order chi connectivity index (χ0) is 8.15. The van der Waals surface area contributed by atoms with E-state index in [9.17, 15) is 9.59 Å². The molecule has 1 unspecified atom stereocenters. The van der Waals surface area contributed by atoms with Gasteiger partial charge in [-0.15, -0.1) is 0 Å². The van der Waals surface area contributed by atoms with E-state index in [1.54, 1.807) is 0 Å². The van der Waals surface area contributed by atoms with Gasteiger partial charge in [0.25, 0.3) is 0 Å². The van der Waals surface area contributed by atoms with Crippen molar-refractivity contribution in [1.82, 2.24) is 0 Å². The minimum absolute atomic E-state index is 0.228. The van der Waals surface area contributed by atoms with Gasteiger partial charge in [-0.3, -0.25) is 9.59 Å². The van der Waals surface area contributed by atoms with E-state index in [2.05, 4.69) is 4.74 Å². The van der Waals surface area contributed by atoms with Crippen LogP contribution in [0.5, 0.6) is 0 Å². The Morgan fingerprint density at radius 3 is 2.40 bits per heavy atom. The maximum Gasteiger partial charge on any atom is 0.313 e. The Morgan fingerprint density at radius 1 is 1.60 bits per heavy atom. The topological polar surface area (TPSA) is 43.4 Å². The third-order valence-electron chi connectivity index (χ3n) is 1.05. The van der Waals surface area contributed by atoms with Crippen LogP contribution in [0.15, 0.2) is 0 Å². The summed E-state index contributed by atoms with van der Waals surface area (Å²) in [5, 5.41) is 0. The fourth-order valence-corrected chi connectivity index (χ4v) is 0.375. The molecule has 0 saturated heterocycles. The zero-order valence-electron chi connectivity index (χ0n) is 6.09. The second-order valence-corrected chi connectivity index (χ2v) is 2.01. The predicted molar refractivity (Wildman–Crippen MR) is 36.8 cm³/mol. The molecule has 0 aliphatic carbocycles. The van der Waals surface area contributed by atoms with Crippen molar-refractivity contribution in [3.63, 3.8) is 0 Å². The van der Waals surface area contributed by atoms with Crippen molar-refractivity contribution in [3.8, 4) is 0 Å². The van der Waals surface area contributed by atoms with Crippen molar-refractivity contribution < 1.29 is 14.3 Å². The Balaban J connectivity index is 3.69. The van der Waals surface area contributed by atoms with E-state index in [-0.39, 0.29) is 12.2 Å². The van der Waals surface area contributed by atoms with Crippen molar-refractivity contribution in [2.45, 2.75) is 19.2 Å². The lowest BCUT2D eigenvalue weighted by molar-refractivity contribution is -0.143. The molecule has 0 aromatic carbocycles. The second-order valence-electron chi connectivity index (χ2n) is 2.01. The van der Waals surface area contributed by atoms with Gasteiger partial charge in [0, 0.05) is 0 Å². The summed E-state index contributed by atoms with van der Waals surface area (Å²) in [5.74, 6) is -1.42. The van der Waals surface area contributed by atoms with Crippen LogP contribution in [0, 0.1) is 0 Å². The molecule has 0 aromatic rings. The predicted octanol–water partition coefficient (Wildman–Crippen LogP) is 0.0955. The second kappa shape index (κ2) is 4.09. The molecule has 0 saturated carbocycles. The van der Waals surface area contributed by atoms with E-state index in [4.69, 9.17) is 7.85 Å². The molecule has 0 aliphatic rings. The highest BCUT2D eigenvalue weighted by Gasteiger charge is 2.11. The normalized spacial score (nSPS) is 12.2. The summed E-state index contributed by atoms with van der Waals surface area (Å²) < 4.78 is 4.26. The maximum absolute atomic E-state index is 10.7. The number of Topliss-reactive ketones (excluding diaryl/α,β-unsaturated/α-hetero) is 1. The van der Waals surface area contributed by atoms with Crippen molar-refractivity contribution in [2.24, 2.45) is 0 Å². The molecule has 0 aliphatic heterocycles. The third-order valence-corrected chi connectivity index (χ3v) is 1.05. The molecule has 0 bridgehead atoms. The first-order valence-electron chi connectivity index (χ1n) is 2.93. The van der Waals surface area contributed by atoms with E-state index in [1.165, 1.54) is 14.0 Å². The van der Waals surface area contributed by atoms with Crippen molar-refractivity contribution in [1.29, 1.82) is 0 Å². The minimum atomic E-state index is -0.584. The number of esters is 1. The number of carbonyl (C=O) groups is 2. The van der Waals surface area contributed by atoms with Gasteiger partial charge in [-0.25, -0.2) is 0 Å². The number of ether oxygens (including phenoxy) is 1. The molecular weight excluding hydrogens is 131 g/mol. The van der Waals surface area contributed by atoms with Gasteiger partial charge in [0.05, 0.1) is 15.0 Å². The molecule has 0 fully saturated rings. The quantitative estimate of drug-likeness (QED) is 0.317. The van der Waals surface area contributed by atoms with Gasteiger partial charge in [0.1, 0.15) is 12.2 Å². The van der Waals surface area contributed by atoms with Gasteiger partial charge < -0.3 is 4.74 Å². The summed E-state index contributed by atoms with van der Waals surface area (Å²) in [4.78, 5) is 21.1. The minimum Gasteiger partial charge on any atom is -0.469 e. The van der Waals surface area contributed by atoms with Crippen LogP contribution in [0.1, 0.15) is 13.3 Å². The Kier molecular flexibility index (Phi) is 3.76. The summed E-state index contributed by atoms with van der Waals surface area (Å²) in [6.45, 7) is 1.53. The van der Waals surface area contributed by atoms with Crippen LogP contribution in [0.25, 0.3) is 0 Å². The number of rotatable bonds is 3. The molecular formula is C6H9BO3. The molecule has 0 heterocycles. The molecule has 0 rings (SSSR count). The van der Waals surface area contributed by atoms with Crippen molar-refractivity contribution >= 4 is 19.6 Å². The van der Waals surface area contributed by atoms with E-state index in [0.717, 1.165) is 0 Å². The van der Waals surface area contributed by atoms with Gasteiger partial charge in [-0.05, 0) is 5.82 Å². The van der Waals surface area contributed by atoms with Crippen LogP contribution in [-0.4, -0.2) is 26.7 Å². The number of methoxy groups -OCH3 is 1. The highest BCUT2D eigenvalue weighted by molar-refractivity contribution is 6.25. The average molecular weight is 140 g/mol. The first kappa shape index (κ1) is 9.20. The highest BCUT2D eigenvalue weighted by atomic mass is 16.5. The first-order chi connectivity index (χ1) is 4.57. The molecule has 3 nitrogen and oxygen atoms in total. The van der Waals surface area contributed by atoms with Crippen LogP contribution in [0.2, 0.25) is 5.82 Å². The molecule has 1 atom stereocenters. The molecule has 0 spiro atoms. The lowest BCUT2D eigenvalue weighted by atomic mass is 9.84. The summed E-state index contributed by atoms with van der Waals surface area (Å²) >= 11 is 0. The summed E-state index contributed by atoms with van der Waals surface area (Å²) in [6.07, 6.45) is -0.228. The van der Waals surface area contributed by atoms with Gasteiger partial charge in [0.15, 0.2) is 0 Å². The summed E-state index contributed by atoms with van der Waals surface area (Å²) in [7, 11) is 6.41. The Labute approximate surface area is 61.2 Å². The van der Waals surface area contributed by atoms with E-state index >= 15 is 0 Å². The number of hydrogen-bond donors (Lipinski definition) is 0. The average Bonchev–Trinajstić information content (AvgIpc) is 1.87. The standard InChI is InChI=1S/C6H9BO3/c1-4(7)5(8)3-6(9)10-2/h4H,3H2,1-2H3. The molecule has 10 heavy (non-hydrogen) atoms. The molecule has 0 amide bonds. The summed E-state index contributed by atoms with van der Waals surface area (Å²) in [6, 6.07) is 0. The fourth-order valence-electron chi connectivity index (χ4n) is 0.375. The summed E-state index contributed by atoms with van der Waals surface area (Å²) in [5.41, 5.74) is 0.